The fourth-order valence-corrected chi connectivity index (χ4v) is 8.09. The van der Waals surface area contributed by atoms with Gasteiger partial charge < -0.3 is 5.11 Å². The highest BCUT2D eigenvalue weighted by Gasteiger charge is 2.45. The Balaban J connectivity index is 1.35. The Labute approximate surface area is 199 Å². The van der Waals surface area contributed by atoms with Gasteiger partial charge in [-0.25, -0.2) is 4.79 Å². The zero-order valence-corrected chi connectivity index (χ0v) is 19.8. The first-order chi connectivity index (χ1) is 16.5. The number of carboxylic acids is 1. The number of para-hydroxylation sites is 1. The van der Waals surface area contributed by atoms with E-state index in [4.69, 9.17) is 0 Å². The molecule has 0 spiro atoms. The van der Waals surface area contributed by atoms with Gasteiger partial charge in [0.05, 0.1) is 10.9 Å². The van der Waals surface area contributed by atoms with Gasteiger partial charge in [-0.05, 0) is 68.9 Å². The van der Waals surface area contributed by atoms with Crippen LogP contribution in [0.25, 0.3) is 10.9 Å². The molecule has 4 fully saturated rings. The molecule has 2 aromatic rings. The molecule has 3 heterocycles. The van der Waals surface area contributed by atoms with Gasteiger partial charge in [-0.2, -0.15) is 0 Å². The van der Waals surface area contributed by atoms with Crippen molar-refractivity contribution in [3.63, 3.8) is 0 Å². The molecule has 4 bridgehead atoms. The summed E-state index contributed by atoms with van der Waals surface area (Å²) in [6.07, 6.45) is 13.3. The van der Waals surface area contributed by atoms with E-state index in [0.717, 1.165) is 37.5 Å². The van der Waals surface area contributed by atoms with Crippen LogP contribution >= 0.6 is 0 Å². The maximum atomic E-state index is 13.5. The lowest BCUT2D eigenvalue weighted by molar-refractivity contribution is -0.137. The third-order valence-electron chi connectivity index (χ3n) is 9.27. The second-order valence-corrected chi connectivity index (χ2v) is 11.3. The zero-order valence-electron chi connectivity index (χ0n) is 19.8. The first kappa shape index (κ1) is 22.1. The van der Waals surface area contributed by atoms with Crippen LogP contribution in [0.3, 0.4) is 0 Å². The van der Waals surface area contributed by atoms with Crippen LogP contribution in [0.15, 0.2) is 33.9 Å². The number of nitrogens with zero attached hydrogens (tertiary/aromatic N) is 3. The highest BCUT2D eigenvalue weighted by molar-refractivity contribution is 5.79. The Morgan fingerprint density at radius 1 is 0.824 bits per heavy atom. The lowest BCUT2D eigenvalue weighted by atomic mass is 9.68. The van der Waals surface area contributed by atoms with E-state index in [0.29, 0.717) is 29.0 Å². The summed E-state index contributed by atoms with van der Waals surface area (Å²) < 4.78 is 2.67. The number of hydrogen-bond acceptors (Lipinski definition) is 4. The molecule has 2 aliphatic carbocycles. The average Bonchev–Trinajstić information content (AvgIpc) is 2.81. The number of fused-ring (bicyclic) bond motifs is 5. The summed E-state index contributed by atoms with van der Waals surface area (Å²) in [7, 11) is 0. The Hall–Kier alpha value is -2.41. The Morgan fingerprint density at radius 2 is 1.47 bits per heavy atom. The van der Waals surface area contributed by atoms with Crippen LogP contribution in [0.4, 0.5) is 0 Å². The molecule has 182 valence electrons. The van der Waals surface area contributed by atoms with Gasteiger partial charge >= 0.3 is 11.7 Å². The molecule has 7 nitrogen and oxygen atoms in total. The molecule has 6 rings (SSSR count). The number of carboxylic acid groups (broad SMARTS) is 1. The normalized spacial score (nSPS) is 33.6. The van der Waals surface area contributed by atoms with Crippen LogP contribution in [0.5, 0.6) is 0 Å². The molecule has 2 saturated heterocycles. The van der Waals surface area contributed by atoms with Crippen molar-refractivity contribution in [1.29, 1.82) is 0 Å². The van der Waals surface area contributed by atoms with Gasteiger partial charge in [-0.3, -0.25) is 23.6 Å². The molecule has 7 heteroatoms. The van der Waals surface area contributed by atoms with Gasteiger partial charge in [-0.15, -0.1) is 0 Å². The molecule has 34 heavy (non-hydrogen) atoms. The minimum Gasteiger partial charge on any atom is -0.480 e. The quantitative estimate of drug-likeness (QED) is 0.743. The molecule has 4 aliphatic rings. The highest BCUT2D eigenvalue weighted by Crippen LogP contribution is 2.47. The summed E-state index contributed by atoms with van der Waals surface area (Å²) in [5.74, 6) is 0.677. The van der Waals surface area contributed by atoms with Crippen LogP contribution in [0.2, 0.25) is 0 Å². The SMILES string of the molecule is O=C(O)Cn1c(=O)n(C2C[C@@H]3CCC[C@@H](C2)N3C2C[C@@H]3CCC[C@@H](C2)C3)c(=O)c2ccccc21. The van der Waals surface area contributed by atoms with E-state index in [-0.39, 0.29) is 11.6 Å². The van der Waals surface area contributed by atoms with Crippen molar-refractivity contribution in [2.75, 3.05) is 0 Å². The Kier molecular flexibility index (Phi) is 5.63. The Bertz CT molecular complexity index is 1190. The average molecular weight is 466 g/mol. The largest absolute Gasteiger partial charge is 0.480 e. The van der Waals surface area contributed by atoms with E-state index < -0.39 is 18.2 Å². The fraction of sp³-hybridized carbons (Fsp3) is 0.667. The van der Waals surface area contributed by atoms with Gasteiger partial charge in [0.15, 0.2) is 0 Å². The zero-order chi connectivity index (χ0) is 23.4. The standard InChI is InChI=1S/C27H35N3O4/c31-25(32)16-28-24-10-2-1-9-23(24)26(33)30(27(28)34)22-14-19-7-4-8-20(15-22)29(19)21-12-17-5-3-6-18(11-17)13-21/h1-2,9-10,17-22H,3-8,11-16H2,(H,31,32)/t17-,18-,19+,20+/m1/s1. The predicted molar refractivity (Wildman–Crippen MR) is 130 cm³/mol. The molecular weight excluding hydrogens is 430 g/mol. The fourth-order valence-electron chi connectivity index (χ4n) is 8.09. The van der Waals surface area contributed by atoms with Crippen molar-refractivity contribution in [2.24, 2.45) is 11.8 Å². The molecule has 1 N–H and O–H groups in total. The van der Waals surface area contributed by atoms with Crippen LogP contribution < -0.4 is 11.2 Å². The minimum atomic E-state index is -1.08. The molecule has 2 aliphatic heterocycles. The van der Waals surface area contributed by atoms with Crippen LogP contribution in [0.1, 0.15) is 76.7 Å². The molecule has 0 radical (unpaired) electrons. The first-order valence-corrected chi connectivity index (χ1v) is 13.2. The third-order valence-corrected chi connectivity index (χ3v) is 9.27. The molecular formula is C27H35N3O4. The van der Waals surface area contributed by atoms with E-state index in [1.165, 1.54) is 54.1 Å². The number of carbonyl (C=O) groups is 1. The third kappa shape index (κ3) is 3.72. The second kappa shape index (κ2) is 8.67. The predicted octanol–water partition coefficient (Wildman–Crippen LogP) is 3.77. The summed E-state index contributed by atoms with van der Waals surface area (Å²) in [6.45, 7) is -0.434. The van der Waals surface area contributed by atoms with E-state index in [1.807, 2.05) is 0 Å². The van der Waals surface area contributed by atoms with Crippen molar-refractivity contribution in [3.05, 3.63) is 45.1 Å². The summed E-state index contributed by atoms with van der Waals surface area (Å²) in [5.41, 5.74) is -0.344. The number of rotatable bonds is 4. The second-order valence-electron chi connectivity index (χ2n) is 11.3. The van der Waals surface area contributed by atoms with Crippen molar-refractivity contribution in [2.45, 2.75) is 101 Å². The molecule has 4 atom stereocenters. The molecule has 2 saturated carbocycles. The summed E-state index contributed by atoms with van der Waals surface area (Å²) in [6, 6.07) is 8.20. The van der Waals surface area contributed by atoms with Crippen molar-refractivity contribution in [3.8, 4) is 0 Å². The number of hydrogen-bond donors (Lipinski definition) is 1. The van der Waals surface area contributed by atoms with Crippen molar-refractivity contribution >= 4 is 16.9 Å². The first-order valence-electron chi connectivity index (χ1n) is 13.2. The number of benzene rings is 1. The summed E-state index contributed by atoms with van der Waals surface area (Å²) >= 11 is 0. The minimum absolute atomic E-state index is 0.167. The lowest BCUT2D eigenvalue weighted by Gasteiger charge is -2.55. The van der Waals surface area contributed by atoms with Gasteiger partial charge in [-0.1, -0.05) is 37.8 Å². The van der Waals surface area contributed by atoms with Gasteiger partial charge in [0, 0.05) is 24.2 Å². The van der Waals surface area contributed by atoms with Gasteiger partial charge in [0.1, 0.15) is 6.54 Å². The monoisotopic (exact) mass is 465 g/mol. The number of piperidine rings is 2. The van der Waals surface area contributed by atoms with Crippen LogP contribution in [0, 0.1) is 11.8 Å². The van der Waals surface area contributed by atoms with Crippen LogP contribution in [-0.4, -0.2) is 43.2 Å². The topological polar surface area (TPSA) is 84.5 Å². The van der Waals surface area contributed by atoms with Gasteiger partial charge in [0.25, 0.3) is 5.56 Å². The van der Waals surface area contributed by atoms with E-state index in [9.17, 15) is 19.5 Å². The number of aromatic nitrogens is 2. The van der Waals surface area contributed by atoms with Crippen molar-refractivity contribution < 1.29 is 9.90 Å². The molecule has 1 aromatic carbocycles. The molecule has 0 amide bonds. The molecule has 1 aromatic heterocycles. The van der Waals surface area contributed by atoms with E-state index in [2.05, 4.69) is 4.90 Å². The Morgan fingerprint density at radius 3 is 2.15 bits per heavy atom. The van der Waals surface area contributed by atoms with Crippen molar-refractivity contribution in [1.82, 2.24) is 14.0 Å². The lowest BCUT2D eigenvalue weighted by Crippen LogP contribution is -2.59. The number of aliphatic carboxylic acids is 1. The van der Waals surface area contributed by atoms with Crippen LogP contribution in [-0.2, 0) is 11.3 Å². The van der Waals surface area contributed by atoms with E-state index in [1.54, 1.807) is 24.3 Å². The summed E-state index contributed by atoms with van der Waals surface area (Å²) in [5, 5.41) is 9.87. The molecule has 0 unspecified atom stereocenters. The van der Waals surface area contributed by atoms with Gasteiger partial charge in [0.2, 0.25) is 0 Å². The maximum Gasteiger partial charge on any atom is 0.332 e. The smallest absolute Gasteiger partial charge is 0.332 e. The summed E-state index contributed by atoms with van der Waals surface area (Å²) in [4.78, 5) is 41.4. The highest BCUT2D eigenvalue weighted by atomic mass is 16.4. The van der Waals surface area contributed by atoms with E-state index >= 15 is 0 Å². The maximum absolute atomic E-state index is 13.5.